The standard InChI is InChI=1S/C18H17N3O2S/c22-16-11-14(12-21(16)9-8-13-5-2-1-3-6-13)18-19-17(20-23-18)15-7-4-10-24-15/h1-7,10,14H,8-9,11-12H2. The molecule has 1 atom stereocenters. The summed E-state index contributed by atoms with van der Waals surface area (Å²) < 4.78 is 5.40. The van der Waals surface area contributed by atoms with Gasteiger partial charge in [0.1, 0.15) is 0 Å². The lowest BCUT2D eigenvalue weighted by Gasteiger charge is -2.15. The lowest BCUT2D eigenvalue weighted by molar-refractivity contribution is -0.127. The smallest absolute Gasteiger partial charge is 0.232 e. The van der Waals surface area contributed by atoms with Crippen LogP contribution in [0.2, 0.25) is 0 Å². The average Bonchev–Trinajstić information content (AvgIpc) is 3.34. The van der Waals surface area contributed by atoms with Gasteiger partial charge < -0.3 is 9.42 Å². The average molecular weight is 339 g/mol. The van der Waals surface area contributed by atoms with E-state index in [4.69, 9.17) is 4.52 Å². The highest BCUT2D eigenvalue weighted by atomic mass is 32.1. The minimum atomic E-state index is -0.00511. The summed E-state index contributed by atoms with van der Waals surface area (Å²) in [6, 6.07) is 14.1. The summed E-state index contributed by atoms with van der Waals surface area (Å²) in [6.07, 6.45) is 1.31. The zero-order valence-electron chi connectivity index (χ0n) is 13.1. The van der Waals surface area contributed by atoms with Crippen LogP contribution in [0.1, 0.15) is 23.8 Å². The van der Waals surface area contributed by atoms with Crippen molar-refractivity contribution in [2.45, 2.75) is 18.8 Å². The van der Waals surface area contributed by atoms with Crippen LogP contribution in [-0.2, 0) is 11.2 Å². The van der Waals surface area contributed by atoms with Crippen molar-refractivity contribution in [1.29, 1.82) is 0 Å². The molecule has 6 heteroatoms. The normalized spacial score (nSPS) is 17.6. The molecule has 2 aromatic heterocycles. The highest BCUT2D eigenvalue weighted by molar-refractivity contribution is 7.13. The minimum Gasteiger partial charge on any atom is -0.342 e. The van der Waals surface area contributed by atoms with Crippen molar-refractivity contribution in [3.05, 3.63) is 59.3 Å². The molecule has 1 saturated heterocycles. The van der Waals surface area contributed by atoms with E-state index in [9.17, 15) is 4.79 Å². The second kappa shape index (κ2) is 6.57. The number of hydrogen-bond acceptors (Lipinski definition) is 5. The van der Waals surface area contributed by atoms with Gasteiger partial charge in [0.15, 0.2) is 0 Å². The van der Waals surface area contributed by atoms with Crippen LogP contribution >= 0.6 is 11.3 Å². The molecule has 1 aliphatic heterocycles. The van der Waals surface area contributed by atoms with Gasteiger partial charge in [-0.25, -0.2) is 0 Å². The van der Waals surface area contributed by atoms with Gasteiger partial charge in [-0.15, -0.1) is 11.3 Å². The Morgan fingerprint density at radius 3 is 2.88 bits per heavy atom. The Bertz CT molecular complexity index is 814. The van der Waals surface area contributed by atoms with Gasteiger partial charge in [-0.2, -0.15) is 4.98 Å². The lowest BCUT2D eigenvalue weighted by atomic mass is 10.1. The molecule has 24 heavy (non-hydrogen) atoms. The fourth-order valence-electron chi connectivity index (χ4n) is 2.97. The van der Waals surface area contributed by atoms with Crippen LogP contribution in [-0.4, -0.2) is 34.0 Å². The van der Waals surface area contributed by atoms with E-state index in [2.05, 4.69) is 22.3 Å². The molecule has 0 radical (unpaired) electrons. The number of rotatable bonds is 5. The number of likely N-dealkylation sites (tertiary alicyclic amines) is 1. The van der Waals surface area contributed by atoms with Crippen LogP contribution < -0.4 is 0 Å². The molecule has 122 valence electrons. The Morgan fingerprint density at radius 2 is 2.08 bits per heavy atom. The van der Waals surface area contributed by atoms with Gasteiger partial charge in [-0.05, 0) is 23.4 Å². The summed E-state index contributed by atoms with van der Waals surface area (Å²) in [5, 5.41) is 6.02. The molecule has 3 aromatic rings. The molecule has 0 bridgehead atoms. The monoisotopic (exact) mass is 339 g/mol. The van der Waals surface area contributed by atoms with Gasteiger partial charge in [-0.3, -0.25) is 4.79 Å². The molecule has 0 spiro atoms. The van der Waals surface area contributed by atoms with Crippen LogP contribution in [0, 0.1) is 0 Å². The summed E-state index contributed by atoms with van der Waals surface area (Å²) in [4.78, 5) is 19.6. The largest absolute Gasteiger partial charge is 0.342 e. The van der Waals surface area contributed by atoms with Crippen LogP contribution in [0.5, 0.6) is 0 Å². The molecule has 0 saturated carbocycles. The van der Waals surface area contributed by atoms with Crippen molar-refractivity contribution in [3.63, 3.8) is 0 Å². The summed E-state index contributed by atoms with van der Waals surface area (Å²) in [7, 11) is 0. The number of nitrogens with zero attached hydrogens (tertiary/aromatic N) is 3. The quantitative estimate of drug-likeness (QED) is 0.715. The van der Waals surface area contributed by atoms with Gasteiger partial charge in [-0.1, -0.05) is 41.6 Å². The third-order valence-corrected chi connectivity index (χ3v) is 5.13. The van der Waals surface area contributed by atoms with Crippen molar-refractivity contribution in [2.24, 2.45) is 0 Å². The van der Waals surface area contributed by atoms with Crippen LogP contribution in [0.15, 0.2) is 52.4 Å². The Labute approximate surface area is 143 Å². The summed E-state index contributed by atoms with van der Waals surface area (Å²) in [5.74, 6) is 1.32. The number of carbonyl (C=O) groups is 1. The SMILES string of the molecule is O=C1CC(c2nc(-c3cccs3)no2)CN1CCc1ccccc1. The van der Waals surface area contributed by atoms with E-state index in [1.165, 1.54) is 5.56 Å². The molecular formula is C18H17N3O2S. The number of thiophene rings is 1. The van der Waals surface area contributed by atoms with Gasteiger partial charge in [0.05, 0.1) is 10.8 Å². The number of aromatic nitrogens is 2. The number of amides is 1. The maximum absolute atomic E-state index is 12.3. The molecule has 1 aliphatic rings. The Balaban J connectivity index is 1.40. The van der Waals surface area contributed by atoms with Crippen molar-refractivity contribution >= 4 is 17.2 Å². The summed E-state index contributed by atoms with van der Waals surface area (Å²) >= 11 is 1.58. The predicted octanol–water partition coefficient (Wildman–Crippen LogP) is 3.36. The first kappa shape index (κ1) is 15.1. The van der Waals surface area contributed by atoms with Crippen molar-refractivity contribution in [3.8, 4) is 10.7 Å². The van der Waals surface area contributed by atoms with E-state index in [1.54, 1.807) is 11.3 Å². The molecule has 1 fully saturated rings. The summed E-state index contributed by atoms with van der Waals surface area (Å²) in [6.45, 7) is 1.38. The number of benzene rings is 1. The van der Waals surface area contributed by atoms with Gasteiger partial charge in [0.2, 0.25) is 17.6 Å². The van der Waals surface area contributed by atoms with E-state index in [0.717, 1.165) is 17.8 Å². The lowest BCUT2D eigenvalue weighted by Crippen LogP contribution is -2.27. The molecule has 0 N–H and O–H groups in total. The maximum atomic E-state index is 12.3. The molecule has 4 rings (SSSR count). The molecular weight excluding hydrogens is 322 g/mol. The van der Waals surface area contributed by atoms with Crippen LogP contribution in [0.4, 0.5) is 0 Å². The van der Waals surface area contributed by atoms with Gasteiger partial charge >= 0.3 is 0 Å². The Kier molecular flexibility index (Phi) is 4.13. The molecule has 1 aromatic carbocycles. The Morgan fingerprint density at radius 1 is 1.21 bits per heavy atom. The maximum Gasteiger partial charge on any atom is 0.232 e. The van der Waals surface area contributed by atoms with E-state index in [-0.39, 0.29) is 11.8 Å². The number of carbonyl (C=O) groups excluding carboxylic acids is 1. The minimum absolute atomic E-state index is 0.00511. The molecule has 3 heterocycles. The van der Waals surface area contributed by atoms with Crippen molar-refractivity contribution in [2.75, 3.05) is 13.1 Å². The van der Waals surface area contributed by atoms with Crippen LogP contribution in [0.3, 0.4) is 0 Å². The summed E-state index contributed by atoms with van der Waals surface area (Å²) in [5.41, 5.74) is 1.24. The first-order valence-electron chi connectivity index (χ1n) is 7.99. The fourth-order valence-corrected chi connectivity index (χ4v) is 3.62. The highest BCUT2D eigenvalue weighted by Crippen LogP contribution is 2.29. The topological polar surface area (TPSA) is 59.2 Å². The zero-order chi connectivity index (χ0) is 16.4. The van der Waals surface area contributed by atoms with Gasteiger partial charge in [0, 0.05) is 19.5 Å². The van der Waals surface area contributed by atoms with E-state index in [1.807, 2.05) is 40.6 Å². The van der Waals surface area contributed by atoms with E-state index >= 15 is 0 Å². The van der Waals surface area contributed by atoms with Crippen molar-refractivity contribution < 1.29 is 9.32 Å². The molecule has 0 aliphatic carbocycles. The van der Waals surface area contributed by atoms with Gasteiger partial charge in [0.25, 0.3) is 0 Å². The predicted molar refractivity (Wildman–Crippen MR) is 91.7 cm³/mol. The molecule has 1 amide bonds. The van der Waals surface area contributed by atoms with Crippen LogP contribution in [0.25, 0.3) is 10.7 Å². The second-order valence-corrected chi connectivity index (χ2v) is 6.86. The zero-order valence-corrected chi connectivity index (χ0v) is 13.9. The second-order valence-electron chi connectivity index (χ2n) is 5.91. The third-order valence-electron chi connectivity index (χ3n) is 4.26. The fraction of sp³-hybridized carbons (Fsp3) is 0.278. The third kappa shape index (κ3) is 3.10. The highest BCUT2D eigenvalue weighted by Gasteiger charge is 2.34. The molecule has 5 nitrogen and oxygen atoms in total. The Hall–Kier alpha value is -2.47. The van der Waals surface area contributed by atoms with E-state index < -0.39 is 0 Å². The van der Waals surface area contributed by atoms with Crippen molar-refractivity contribution in [1.82, 2.24) is 15.0 Å². The van der Waals surface area contributed by atoms with E-state index in [0.29, 0.717) is 24.7 Å². The number of hydrogen-bond donors (Lipinski definition) is 0. The molecule has 1 unspecified atom stereocenters. The first-order valence-corrected chi connectivity index (χ1v) is 8.87. The first-order chi connectivity index (χ1) is 11.8.